The van der Waals surface area contributed by atoms with Gasteiger partial charge in [-0.3, -0.25) is 0 Å². The van der Waals surface area contributed by atoms with Gasteiger partial charge in [0.15, 0.2) is 0 Å². The molecule has 3 heteroatoms. The number of hydrogen-bond acceptors (Lipinski definition) is 2. The highest BCUT2D eigenvalue weighted by molar-refractivity contribution is 6.11. The molecule has 2 aliphatic rings. The fourth-order valence-corrected chi connectivity index (χ4v) is 7.56. The average molecular weight is 566 g/mol. The van der Waals surface area contributed by atoms with Crippen molar-refractivity contribution in [3.05, 3.63) is 119 Å². The van der Waals surface area contributed by atoms with Crippen molar-refractivity contribution in [3.63, 3.8) is 0 Å². The number of rotatable bonds is 5. The molecule has 1 atom stereocenters. The number of anilines is 4. The predicted octanol–water partition coefficient (Wildman–Crippen LogP) is 11.0. The molecule has 218 valence electrons. The number of aromatic nitrogens is 1. The van der Waals surface area contributed by atoms with E-state index in [1.807, 2.05) is 0 Å². The summed E-state index contributed by atoms with van der Waals surface area (Å²) < 4.78 is 2.42. The number of benzene rings is 4. The van der Waals surface area contributed by atoms with Crippen molar-refractivity contribution in [2.45, 2.75) is 65.2 Å². The zero-order chi connectivity index (χ0) is 30.0. The van der Waals surface area contributed by atoms with E-state index in [1.54, 1.807) is 5.57 Å². The van der Waals surface area contributed by atoms with Crippen LogP contribution in [-0.2, 0) is 12.5 Å². The third-order valence-corrected chi connectivity index (χ3v) is 10.3. The molecule has 1 aliphatic heterocycles. The lowest BCUT2D eigenvalue weighted by Crippen LogP contribution is -2.35. The van der Waals surface area contributed by atoms with Crippen molar-refractivity contribution < 1.29 is 0 Å². The van der Waals surface area contributed by atoms with E-state index in [4.69, 9.17) is 0 Å². The van der Waals surface area contributed by atoms with E-state index in [0.29, 0.717) is 5.92 Å². The van der Waals surface area contributed by atoms with Gasteiger partial charge in [0.1, 0.15) is 0 Å². The van der Waals surface area contributed by atoms with Crippen LogP contribution in [0.1, 0.15) is 69.6 Å². The standard InChI is InChI=1S/C40H43N3/c1-8-26(2)29-23-36-31(24-38(29)43(28-17-10-9-11-18-28)34-20-14-12-16-27(34)3)30-22-33-39(25-37(30)42(36)7)41(6)35-21-15-13-19-32(35)40(33,4)5/h9-12,14-18,20-26H,8,13,19H2,1-7H3. The number of para-hydroxylation sites is 2. The highest BCUT2D eigenvalue weighted by atomic mass is 15.2. The molecule has 0 fully saturated rings. The van der Waals surface area contributed by atoms with Crippen molar-refractivity contribution >= 4 is 44.6 Å². The Morgan fingerprint density at radius 3 is 2.30 bits per heavy atom. The van der Waals surface area contributed by atoms with Crippen LogP contribution in [0.4, 0.5) is 22.7 Å². The molecular formula is C40H43N3. The van der Waals surface area contributed by atoms with Gasteiger partial charge in [-0.05, 0) is 103 Å². The Labute approximate surface area is 256 Å². The van der Waals surface area contributed by atoms with Crippen LogP contribution in [0.25, 0.3) is 21.8 Å². The number of fused-ring (bicyclic) bond motifs is 4. The minimum absolute atomic E-state index is 0.0188. The van der Waals surface area contributed by atoms with Crippen molar-refractivity contribution in [2.24, 2.45) is 7.05 Å². The topological polar surface area (TPSA) is 11.4 Å². The molecule has 1 unspecified atom stereocenters. The molecule has 1 aromatic heterocycles. The maximum Gasteiger partial charge on any atom is 0.0509 e. The van der Waals surface area contributed by atoms with E-state index in [-0.39, 0.29) is 5.41 Å². The lowest BCUT2D eigenvalue weighted by Gasteiger charge is -2.43. The zero-order valence-electron chi connectivity index (χ0n) is 26.7. The summed E-state index contributed by atoms with van der Waals surface area (Å²) in [5.41, 5.74) is 14.6. The minimum atomic E-state index is -0.0188. The van der Waals surface area contributed by atoms with Gasteiger partial charge >= 0.3 is 0 Å². The van der Waals surface area contributed by atoms with Gasteiger partial charge in [0.2, 0.25) is 0 Å². The molecule has 5 aromatic rings. The van der Waals surface area contributed by atoms with Gasteiger partial charge in [0.25, 0.3) is 0 Å². The number of allylic oxidation sites excluding steroid dienone is 3. The van der Waals surface area contributed by atoms with Gasteiger partial charge < -0.3 is 14.4 Å². The number of nitrogens with zero attached hydrogens (tertiary/aromatic N) is 3. The van der Waals surface area contributed by atoms with Gasteiger partial charge in [-0.1, -0.05) is 70.2 Å². The van der Waals surface area contributed by atoms with Crippen molar-refractivity contribution in [2.75, 3.05) is 16.8 Å². The van der Waals surface area contributed by atoms with Crippen molar-refractivity contribution in [1.29, 1.82) is 0 Å². The summed E-state index contributed by atoms with van der Waals surface area (Å²) in [6, 6.07) is 29.6. The first-order valence-electron chi connectivity index (χ1n) is 15.9. The summed E-state index contributed by atoms with van der Waals surface area (Å²) in [4.78, 5) is 4.91. The second-order valence-electron chi connectivity index (χ2n) is 13.1. The molecule has 0 amide bonds. The molecule has 0 saturated carbocycles. The molecule has 0 bridgehead atoms. The quantitative estimate of drug-likeness (QED) is 0.210. The maximum absolute atomic E-state index is 2.51. The van der Waals surface area contributed by atoms with Crippen LogP contribution in [-0.4, -0.2) is 11.6 Å². The summed E-state index contributed by atoms with van der Waals surface area (Å²) in [5.74, 6) is 0.411. The van der Waals surface area contributed by atoms with E-state index in [9.17, 15) is 0 Å². The van der Waals surface area contributed by atoms with E-state index in [2.05, 4.69) is 154 Å². The zero-order valence-corrected chi connectivity index (χ0v) is 26.7. The second-order valence-corrected chi connectivity index (χ2v) is 13.1. The predicted molar refractivity (Wildman–Crippen MR) is 185 cm³/mol. The van der Waals surface area contributed by atoms with Gasteiger partial charge in [0, 0.05) is 58.6 Å². The summed E-state index contributed by atoms with van der Waals surface area (Å²) >= 11 is 0. The van der Waals surface area contributed by atoms with E-state index < -0.39 is 0 Å². The highest BCUT2D eigenvalue weighted by Gasteiger charge is 2.37. The molecule has 7 rings (SSSR count). The average Bonchev–Trinajstić information content (AvgIpc) is 3.30. The van der Waals surface area contributed by atoms with Gasteiger partial charge in [-0.15, -0.1) is 0 Å². The Bertz CT molecular complexity index is 1940. The third-order valence-electron chi connectivity index (χ3n) is 10.3. The second kappa shape index (κ2) is 10.2. The molecule has 0 radical (unpaired) electrons. The smallest absolute Gasteiger partial charge is 0.0509 e. The monoisotopic (exact) mass is 565 g/mol. The van der Waals surface area contributed by atoms with Crippen molar-refractivity contribution in [1.82, 2.24) is 4.57 Å². The fourth-order valence-electron chi connectivity index (χ4n) is 7.56. The van der Waals surface area contributed by atoms with Crippen LogP contribution in [0.15, 0.2) is 102 Å². The molecule has 2 heterocycles. The van der Waals surface area contributed by atoms with Crippen LogP contribution < -0.4 is 9.80 Å². The van der Waals surface area contributed by atoms with Crippen LogP contribution in [0.2, 0.25) is 0 Å². The van der Waals surface area contributed by atoms with E-state index >= 15 is 0 Å². The molecule has 4 aromatic carbocycles. The summed E-state index contributed by atoms with van der Waals surface area (Å²) in [6.45, 7) is 11.7. The molecule has 1 aliphatic carbocycles. The first-order chi connectivity index (χ1) is 20.7. The number of aryl methyl sites for hydroxylation is 2. The normalized spacial score (nSPS) is 16.5. The minimum Gasteiger partial charge on any atom is -0.344 e. The van der Waals surface area contributed by atoms with E-state index in [0.717, 1.165) is 19.3 Å². The van der Waals surface area contributed by atoms with Gasteiger partial charge in [0.05, 0.1) is 11.2 Å². The van der Waals surface area contributed by atoms with Crippen LogP contribution in [0.5, 0.6) is 0 Å². The van der Waals surface area contributed by atoms with Crippen LogP contribution in [0.3, 0.4) is 0 Å². The summed E-state index contributed by atoms with van der Waals surface area (Å²) in [6.07, 6.45) is 8.00. The molecule has 0 N–H and O–H groups in total. The SMILES string of the molecule is CCC(C)c1cc2c(cc1N(c1ccccc1)c1ccccc1C)c1cc3c(cc1n2C)N(C)C1=C(CCC=C1)C3(C)C. The molecule has 0 saturated heterocycles. The highest BCUT2D eigenvalue weighted by Crippen LogP contribution is 2.51. The van der Waals surface area contributed by atoms with Crippen LogP contribution >= 0.6 is 0 Å². The van der Waals surface area contributed by atoms with E-state index in [1.165, 1.54) is 66.9 Å². The maximum atomic E-state index is 2.51. The third kappa shape index (κ3) is 4.16. The number of hydrogen-bond donors (Lipinski definition) is 0. The Balaban J connectivity index is 1.54. The van der Waals surface area contributed by atoms with Gasteiger partial charge in [-0.25, -0.2) is 0 Å². The van der Waals surface area contributed by atoms with Crippen LogP contribution in [0, 0.1) is 6.92 Å². The Kier molecular flexibility index (Phi) is 6.54. The largest absolute Gasteiger partial charge is 0.344 e. The Hall–Kier alpha value is -4.24. The van der Waals surface area contributed by atoms with Crippen molar-refractivity contribution in [3.8, 4) is 0 Å². The Morgan fingerprint density at radius 1 is 0.860 bits per heavy atom. The summed E-state index contributed by atoms with van der Waals surface area (Å²) in [7, 11) is 4.49. The lowest BCUT2D eigenvalue weighted by atomic mass is 9.70. The summed E-state index contributed by atoms with van der Waals surface area (Å²) in [5, 5.41) is 2.65. The molecule has 0 spiro atoms. The lowest BCUT2D eigenvalue weighted by molar-refractivity contribution is 0.569. The first-order valence-corrected chi connectivity index (χ1v) is 15.9. The molecule has 43 heavy (non-hydrogen) atoms. The van der Waals surface area contributed by atoms with Gasteiger partial charge in [-0.2, -0.15) is 0 Å². The first kappa shape index (κ1) is 27.6. The number of likely N-dealkylation sites (N-methyl/N-ethyl adjacent to an activating group) is 1. The fraction of sp³-hybridized carbons (Fsp3) is 0.300. The molecule has 3 nitrogen and oxygen atoms in total. The molecular weight excluding hydrogens is 522 g/mol. The Morgan fingerprint density at radius 2 is 1.56 bits per heavy atom.